The molecule has 2 aliphatic rings. The first-order chi connectivity index (χ1) is 14.0. The molecule has 0 saturated carbocycles. The number of aliphatic imine (C=N–C) groups is 1. The largest absolute Gasteiger partial charge is 0.497 e. The summed E-state index contributed by atoms with van der Waals surface area (Å²) in [6.45, 7) is 7.49. The summed E-state index contributed by atoms with van der Waals surface area (Å²) in [4.78, 5) is 23.8. The van der Waals surface area contributed by atoms with Crippen molar-refractivity contribution in [3.63, 3.8) is 0 Å². The van der Waals surface area contributed by atoms with Gasteiger partial charge >= 0.3 is 0 Å². The minimum atomic E-state index is 0.0177. The number of carbonyl (C=O) groups is 1. The number of nitrogens with zero attached hydrogens (tertiary/aromatic N) is 3. The van der Waals surface area contributed by atoms with Crippen LogP contribution in [-0.4, -0.2) is 36.2 Å². The summed E-state index contributed by atoms with van der Waals surface area (Å²) < 4.78 is 5.39. The van der Waals surface area contributed by atoms with Crippen LogP contribution in [0.3, 0.4) is 0 Å². The second-order valence-corrected chi connectivity index (χ2v) is 8.70. The lowest BCUT2D eigenvalue weighted by Crippen LogP contribution is -2.29. The quantitative estimate of drug-likeness (QED) is 0.615. The van der Waals surface area contributed by atoms with Crippen LogP contribution in [0.2, 0.25) is 0 Å². The Kier molecular flexibility index (Phi) is 5.61. The van der Waals surface area contributed by atoms with E-state index in [9.17, 15) is 4.79 Å². The van der Waals surface area contributed by atoms with Gasteiger partial charge in [0.05, 0.1) is 18.5 Å². The van der Waals surface area contributed by atoms with E-state index in [0.717, 1.165) is 43.7 Å². The highest BCUT2D eigenvalue weighted by Crippen LogP contribution is 2.51. The van der Waals surface area contributed by atoms with Gasteiger partial charge in [0.1, 0.15) is 15.7 Å². The Hall–Kier alpha value is -2.38. The highest BCUT2D eigenvalue weighted by Gasteiger charge is 2.39. The van der Waals surface area contributed by atoms with Gasteiger partial charge in [0.25, 0.3) is 5.91 Å². The lowest BCUT2D eigenvalue weighted by Gasteiger charge is -2.19. The molecule has 150 valence electrons. The van der Waals surface area contributed by atoms with Gasteiger partial charge in [-0.3, -0.25) is 9.69 Å². The Balaban J connectivity index is 1.73. The highest BCUT2D eigenvalue weighted by molar-refractivity contribution is 8.19. The summed E-state index contributed by atoms with van der Waals surface area (Å²) in [7, 11) is 1.67. The van der Waals surface area contributed by atoms with E-state index in [4.69, 9.17) is 9.73 Å². The number of ether oxygens (including phenoxy) is 1. The van der Waals surface area contributed by atoms with Crippen molar-refractivity contribution >= 4 is 46.0 Å². The van der Waals surface area contributed by atoms with Gasteiger partial charge in [-0.1, -0.05) is 29.5 Å². The fourth-order valence-corrected chi connectivity index (χ4v) is 5.74. The van der Waals surface area contributed by atoms with Crippen molar-refractivity contribution in [3.05, 3.63) is 58.0 Å². The van der Waals surface area contributed by atoms with Crippen LogP contribution in [0.4, 0.5) is 11.4 Å². The molecule has 29 heavy (non-hydrogen) atoms. The van der Waals surface area contributed by atoms with E-state index in [1.165, 1.54) is 17.3 Å². The number of amidine groups is 1. The van der Waals surface area contributed by atoms with E-state index in [1.54, 1.807) is 23.8 Å². The third-order valence-corrected chi connectivity index (χ3v) is 7.24. The van der Waals surface area contributed by atoms with E-state index in [0.29, 0.717) is 6.54 Å². The fraction of sp³-hybridized carbons (Fsp3) is 0.273. The van der Waals surface area contributed by atoms with E-state index in [1.807, 2.05) is 43.3 Å². The molecule has 2 heterocycles. The van der Waals surface area contributed by atoms with E-state index in [2.05, 4.69) is 24.8 Å². The van der Waals surface area contributed by atoms with Crippen molar-refractivity contribution in [1.82, 2.24) is 4.90 Å². The first-order valence-electron chi connectivity index (χ1n) is 9.58. The van der Waals surface area contributed by atoms with Crippen LogP contribution < -0.4 is 9.64 Å². The number of hydrogen-bond acceptors (Lipinski definition) is 6. The molecule has 5 nitrogen and oxygen atoms in total. The highest BCUT2D eigenvalue weighted by atomic mass is 32.2. The summed E-state index contributed by atoms with van der Waals surface area (Å²) in [5.74, 6) is 0.834. The zero-order chi connectivity index (χ0) is 20.5. The molecule has 0 radical (unpaired) electrons. The number of rotatable bonds is 4. The molecule has 1 fully saturated rings. The molecule has 2 aromatic rings. The molecule has 0 N–H and O–H groups in total. The zero-order valence-electron chi connectivity index (χ0n) is 16.9. The van der Waals surface area contributed by atoms with Crippen LogP contribution >= 0.6 is 23.5 Å². The molecule has 7 heteroatoms. The van der Waals surface area contributed by atoms with E-state index >= 15 is 0 Å². The van der Waals surface area contributed by atoms with Crippen LogP contribution in [0.5, 0.6) is 5.75 Å². The molecule has 0 aromatic heterocycles. The van der Waals surface area contributed by atoms with Gasteiger partial charge < -0.3 is 9.64 Å². The lowest BCUT2D eigenvalue weighted by atomic mass is 10.2. The van der Waals surface area contributed by atoms with Crippen molar-refractivity contribution < 1.29 is 9.53 Å². The zero-order valence-corrected chi connectivity index (χ0v) is 18.6. The second kappa shape index (κ2) is 8.16. The van der Waals surface area contributed by atoms with Crippen LogP contribution in [0.15, 0.2) is 62.3 Å². The smallest absolute Gasteiger partial charge is 0.269 e. The number of benzene rings is 2. The molecule has 0 unspecified atom stereocenters. The molecule has 0 bridgehead atoms. The predicted octanol–water partition coefficient (Wildman–Crippen LogP) is 5.39. The predicted molar refractivity (Wildman–Crippen MR) is 122 cm³/mol. The van der Waals surface area contributed by atoms with Crippen LogP contribution in [0.25, 0.3) is 0 Å². The van der Waals surface area contributed by atoms with Crippen molar-refractivity contribution in [2.45, 2.75) is 25.7 Å². The van der Waals surface area contributed by atoms with Gasteiger partial charge in [-0.2, -0.15) is 0 Å². The number of anilines is 1. The molecule has 0 aliphatic carbocycles. The van der Waals surface area contributed by atoms with Gasteiger partial charge in [-0.25, -0.2) is 4.99 Å². The minimum absolute atomic E-state index is 0.0177. The number of amides is 1. The maximum atomic E-state index is 13.2. The third kappa shape index (κ3) is 3.65. The Morgan fingerprint density at radius 2 is 1.72 bits per heavy atom. The molecule has 2 aliphatic heterocycles. The number of aryl methyl sites for hydroxylation is 1. The fourth-order valence-electron chi connectivity index (χ4n) is 3.30. The third-order valence-electron chi connectivity index (χ3n) is 4.86. The minimum Gasteiger partial charge on any atom is -0.497 e. The Morgan fingerprint density at radius 1 is 1.00 bits per heavy atom. The van der Waals surface area contributed by atoms with Crippen molar-refractivity contribution in [1.29, 1.82) is 0 Å². The van der Waals surface area contributed by atoms with Gasteiger partial charge in [-0.15, -0.1) is 0 Å². The van der Waals surface area contributed by atoms with Crippen LogP contribution in [0, 0.1) is 6.92 Å². The summed E-state index contributed by atoms with van der Waals surface area (Å²) in [5.41, 5.74) is 3.13. The molecular formula is C22H23N3O2S2. The van der Waals surface area contributed by atoms with Gasteiger partial charge in [0, 0.05) is 24.1 Å². The number of carbonyl (C=O) groups excluding carboxylic acids is 1. The average Bonchev–Trinajstić information content (AvgIpc) is 3.25. The summed E-state index contributed by atoms with van der Waals surface area (Å²) in [6.07, 6.45) is 0. The monoisotopic (exact) mass is 425 g/mol. The molecule has 1 amide bonds. The Labute approximate surface area is 179 Å². The van der Waals surface area contributed by atoms with Gasteiger partial charge in [0.15, 0.2) is 5.17 Å². The molecule has 2 aromatic carbocycles. The molecule has 1 saturated heterocycles. The average molecular weight is 426 g/mol. The Morgan fingerprint density at radius 3 is 2.38 bits per heavy atom. The first kappa shape index (κ1) is 19.9. The van der Waals surface area contributed by atoms with E-state index in [-0.39, 0.29) is 5.91 Å². The maximum Gasteiger partial charge on any atom is 0.269 e. The molecule has 4 rings (SSSR count). The van der Waals surface area contributed by atoms with Crippen molar-refractivity contribution in [2.75, 3.05) is 25.1 Å². The number of fused-ring (bicyclic) bond motifs is 1. The summed E-state index contributed by atoms with van der Waals surface area (Å²) in [6, 6.07) is 14.1. The van der Waals surface area contributed by atoms with Crippen molar-refractivity contribution in [3.8, 4) is 5.75 Å². The van der Waals surface area contributed by atoms with Gasteiger partial charge in [0.2, 0.25) is 0 Å². The number of thioether (sulfide) groups is 2. The molecule has 0 atom stereocenters. The normalized spacial score (nSPS) is 20.0. The van der Waals surface area contributed by atoms with Crippen LogP contribution in [-0.2, 0) is 4.79 Å². The SMILES string of the molecule is CCN1C(=O)C(=C2Sc3ccc(OC)cc3N2CC)SC1=Nc1ccc(C)cc1. The molecular weight excluding hydrogens is 402 g/mol. The topological polar surface area (TPSA) is 45.1 Å². The van der Waals surface area contributed by atoms with Crippen molar-refractivity contribution in [2.24, 2.45) is 4.99 Å². The summed E-state index contributed by atoms with van der Waals surface area (Å²) in [5, 5.41) is 1.70. The standard InChI is InChI=1S/C22H23N3O2S2/c1-5-24-17-13-16(27-4)11-12-18(17)28-21(24)19-20(26)25(6-2)22(29-19)23-15-9-7-14(3)8-10-15/h7-13H,5-6H2,1-4H3. The Bertz CT molecular complexity index is 1020. The van der Waals surface area contributed by atoms with E-state index < -0.39 is 0 Å². The molecule has 0 spiro atoms. The number of methoxy groups -OCH3 is 1. The first-order valence-corrected chi connectivity index (χ1v) is 11.2. The lowest BCUT2D eigenvalue weighted by molar-refractivity contribution is -0.122. The van der Waals surface area contributed by atoms with Crippen LogP contribution in [0.1, 0.15) is 19.4 Å². The maximum absolute atomic E-state index is 13.2. The summed E-state index contributed by atoms with van der Waals surface area (Å²) >= 11 is 3.10. The second-order valence-electron chi connectivity index (χ2n) is 6.70. The number of likely N-dealkylation sites (N-methyl/N-ethyl adjacent to an activating group) is 1. The number of hydrogen-bond donors (Lipinski definition) is 0. The van der Waals surface area contributed by atoms with Gasteiger partial charge in [-0.05, 0) is 56.8 Å².